The molecule has 2 rings (SSSR count). The van der Waals surface area contributed by atoms with Crippen LogP contribution in [0.2, 0.25) is 0 Å². The van der Waals surface area contributed by atoms with E-state index in [1.54, 1.807) is 12.3 Å². The highest BCUT2D eigenvalue weighted by molar-refractivity contribution is 5.74. The van der Waals surface area contributed by atoms with Crippen molar-refractivity contribution in [1.29, 1.82) is 0 Å². The lowest BCUT2D eigenvalue weighted by atomic mass is 10.1. The van der Waals surface area contributed by atoms with E-state index in [2.05, 4.69) is 15.3 Å². The van der Waals surface area contributed by atoms with Gasteiger partial charge >= 0.3 is 12.0 Å². The monoisotopic (exact) mass is 294 g/mol. The summed E-state index contributed by atoms with van der Waals surface area (Å²) in [6.45, 7) is 5.28. The first kappa shape index (κ1) is 15.3. The number of piperidine rings is 1. The van der Waals surface area contributed by atoms with Gasteiger partial charge in [-0.25, -0.2) is 9.78 Å². The summed E-state index contributed by atoms with van der Waals surface area (Å²) >= 11 is 0. The lowest BCUT2D eigenvalue weighted by Gasteiger charge is -2.32. The van der Waals surface area contributed by atoms with Gasteiger partial charge in [0.1, 0.15) is 6.10 Å². The minimum Gasteiger partial charge on any atom is -0.474 e. The van der Waals surface area contributed by atoms with Crippen molar-refractivity contribution in [2.45, 2.75) is 38.8 Å². The van der Waals surface area contributed by atoms with Crippen LogP contribution in [0.5, 0.6) is 11.9 Å². The summed E-state index contributed by atoms with van der Waals surface area (Å²) in [5.41, 5.74) is 0. The molecule has 2 heterocycles. The maximum atomic E-state index is 11.9. The zero-order valence-electron chi connectivity index (χ0n) is 12.7. The number of methoxy groups -OCH3 is 1. The zero-order chi connectivity index (χ0) is 15.2. The minimum atomic E-state index is -0.00726. The van der Waals surface area contributed by atoms with Gasteiger partial charge in [0.25, 0.3) is 0 Å². The molecule has 0 unspecified atom stereocenters. The molecule has 7 heteroatoms. The minimum absolute atomic E-state index is 0.00726. The first-order chi connectivity index (χ1) is 10.1. The molecular weight excluding hydrogens is 272 g/mol. The lowest BCUT2D eigenvalue weighted by Crippen LogP contribution is -2.48. The predicted molar refractivity (Wildman–Crippen MR) is 77.5 cm³/mol. The van der Waals surface area contributed by atoms with E-state index in [1.807, 2.05) is 18.7 Å². The highest BCUT2D eigenvalue weighted by Gasteiger charge is 2.24. The normalized spacial score (nSPS) is 15.9. The van der Waals surface area contributed by atoms with Gasteiger partial charge in [-0.3, -0.25) is 0 Å². The molecule has 7 nitrogen and oxygen atoms in total. The maximum Gasteiger partial charge on any atom is 0.319 e. The van der Waals surface area contributed by atoms with Gasteiger partial charge in [0.2, 0.25) is 5.88 Å². The molecule has 1 saturated heterocycles. The van der Waals surface area contributed by atoms with Crippen molar-refractivity contribution in [2.75, 3.05) is 20.2 Å². The second-order valence-electron chi connectivity index (χ2n) is 5.29. The number of amides is 2. The van der Waals surface area contributed by atoms with E-state index in [0.29, 0.717) is 25.0 Å². The van der Waals surface area contributed by atoms with Gasteiger partial charge in [-0.1, -0.05) is 0 Å². The Morgan fingerprint density at radius 1 is 1.43 bits per heavy atom. The third-order valence-corrected chi connectivity index (χ3v) is 3.22. The Balaban J connectivity index is 1.82. The number of aromatic nitrogens is 2. The van der Waals surface area contributed by atoms with Gasteiger partial charge in [-0.05, 0) is 13.8 Å². The summed E-state index contributed by atoms with van der Waals surface area (Å²) in [5.74, 6) is 0.506. The largest absolute Gasteiger partial charge is 0.474 e. The maximum absolute atomic E-state index is 11.9. The molecule has 0 bridgehead atoms. The van der Waals surface area contributed by atoms with Crippen LogP contribution in [0.25, 0.3) is 0 Å². The van der Waals surface area contributed by atoms with Crippen molar-refractivity contribution < 1.29 is 14.3 Å². The van der Waals surface area contributed by atoms with Crippen molar-refractivity contribution in [1.82, 2.24) is 20.2 Å². The number of likely N-dealkylation sites (tertiary alicyclic amines) is 1. The van der Waals surface area contributed by atoms with E-state index in [0.717, 1.165) is 12.8 Å². The first-order valence-electron chi connectivity index (χ1n) is 7.17. The molecule has 21 heavy (non-hydrogen) atoms. The molecule has 1 N–H and O–H groups in total. The molecule has 1 aliphatic heterocycles. The third kappa shape index (κ3) is 4.47. The van der Waals surface area contributed by atoms with E-state index in [9.17, 15) is 4.79 Å². The SMILES string of the molecule is COc1nccc(OC2CCN(C(=O)NC(C)C)CC2)n1. The van der Waals surface area contributed by atoms with E-state index < -0.39 is 0 Å². The fourth-order valence-electron chi connectivity index (χ4n) is 2.17. The second kappa shape index (κ2) is 7.10. The summed E-state index contributed by atoms with van der Waals surface area (Å²) < 4.78 is 10.8. The predicted octanol–water partition coefficient (Wildman–Crippen LogP) is 1.45. The van der Waals surface area contributed by atoms with Gasteiger partial charge in [-0.15, -0.1) is 0 Å². The van der Waals surface area contributed by atoms with Crippen molar-refractivity contribution in [3.63, 3.8) is 0 Å². The van der Waals surface area contributed by atoms with Gasteiger partial charge < -0.3 is 19.7 Å². The van der Waals surface area contributed by atoms with Crippen LogP contribution in [0.4, 0.5) is 4.79 Å². The Kier molecular flexibility index (Phi) is 5.19. The van der Waals surface area contributed by atoms with Crippen molar-refractivity contribution in [2.24, 2.45) is 0 Å². The number of hydrogen-bond donors (Lipinski definition) is 1. The number of urea groups is 1. The fourth-order valence-corrected chi connectivity index (χ4v) is 2.17. The Hall–Kier alpha value is -2.05. The number of carbonyl (C=O) groups is 1. The third-order valence-electron chi connectivity index (χ3n) is 3.22. The van der Waals surface area contributed by atoms with Crippen LogP contribution in [-0.2, 0) is 0 Å². The number of rotatable bonds is 4. The molecule has 0 saturated carbocycles. The Morgan fingerprint density at radius 3 is 2.76 bits per heavy atom. The van der Waals surface area contributed by atoms with E-state index in [4.69, 9.17) is 9.47 Å². The Morgan fingerprint density at radius 2 is 2.14 bits per heavy atom. The molecule has 0 aliphatic carbocycles. The van der Waals surface area contributed by atoms with Crippen LogP contribution in [0.1, 0.15) is 26.7 Å². The summed E-state index contributed by atoms with van der Waals surface area (Å²) in [6.07, 6.45) is 3.25. The van der Waals surface area contributed by atoms with E-state index in [1.165, 1.54) is 7.11 Å². The smallest absolute Gasteiger partial charge is 0.319 e. The molecule has 1 aliphatic rings. The zero-order valence-corrected chi connectivity index (χ0v) is 12.7. The van der Waals surface area contributed by atoms with Crippen LogP contribution in [-0.4, -0.2) is 53.2 Å². The Bertz CT molecular complexity index is 473. The van der Waals surface area contributed by atoms with Crippen LogP contribution in [0.15, 0.2) is 12.3 Å². The average molecular weight is 294 g/mol. The number of nitrogens with zero attached hydrogens (tertiary/aromatic N) is 3. The van der Waals surface area contributed by atoms with Crippen LogP contribution in [0.3, 0.4) is 0 Å². The number of carbonyl (C=O) groups excluding carboxylic acids is 1. The summed E-state index contributed by atoms with van der Waals surface area (Å²) in [5, 5.41) is 2.90. The van der Waals surface area contributed by atoms with Crippen LogP contribution < -0.4 is 14.8 Å². The van der Waals surface area contributed by atoms with Crippen LogP contribution >= 0.6 is 0 Å². The topological polar surface area (TPSA) is 76.6 Å². The highest BCUT2D eigenvalue weighted by atomic mass is 16.5. The van der Waals surface area contributed by atoms with E-state index in [-0.39, 0.29) is 18.2 Å². The quantitative estimate of drug-likeness (QED) is 0.909. The Labute approximate surface area is 124 Å². The molecule has 0 atom stereocenters. The molecular formula is C14H22N4O3. The average Bonchev–Trinajstić information content (AvgIpc) is 2.47. The summed E-state index contributed by atoms with van der Waals surface area (Å²) in [4.78, 5) is 21.8. The number of ether oxygens (including phenoxy) is 2. The van der Waals surface area contributed by atoms with Crippen molar-refractivity contribution >= 4 is 6.03 Å². The van der Waals surface area contributed by atoms with Gasteiger partial charge in [0, 0.05) is 44.2 Å². The summed E-state index contributed by atoms with van der Waals surface area (Å²) in [7, 11) is 1.52. The molecule has 0 radical (unpaired) electrons. The second-order valence-corrected chi connectivity index (χ2v) is 5.29. The van der Waals surface area contributed by atoms with Crippen LogP contribution in [0, 0.1) is 0 Å². The molecule has 1 aromatic heterocycles. The van der Waals surface area contributed by atoms with Crippen molar-refractivity contribution in [3.05, 3.63) is 12.3 Å². The fraction of sp³-hybridized carbons (Fsp3) is 0.643. The first-order valence-corrected chi connectivity index (χ1v) is 7.17. The highest BCUT2D eigenvalue weighted by Crippen LogP contribution is 2.18. The molecule has 0 aromatic carbocycles. The number of hydrogen-bond acceptors (Lipinski definition) is 5. The molecule has 116 valence electrons. The summed E-state index contributed by atoms with van der Waals surface area (Å²) in [6, 6.07) is 2.15. The standard InChI is InChI=1S/C14H22N4O3/c1-10(2)16-14(19)18-8-5-11(6-9-18)21-12-4-7-15-13(17-12)20-3/h4,7,10-11H,5-6,8-9H2,1-3H3,(H,16,19). The molecule has 0 spiro atoms. The molecule has 1 fully saturated rings. The molecule has 2 amide bonds. The number of nitrogens with one attached hydrogen (secondary N) is 1. The van der Waals surface area contributed by atoms with E-state index >= 15 is 0 Å². The lowest BCUT2D eigenvalue weighted by molar-refractivity contribution is 0.106. The van der Waals surface area contributed by atoms with Crippen molar-refractivity contribution in [3.8, 4) is 11.9 Å². The van der Waals surface area contributed by atoms with Gasteiger partial charge in [-0.2, -0.15) is 4.98 Å². The van der Waals surface area contributed by atoms with Gasteiger partial charge in [0.15, 0.2) is 0 Å². The molecule has 1 aromatic rings. The van der Waals surface area contributed by atoms with Gasteiger partial charge in [0.05, 0.1) is 7.11 Å².